The predicted octanol–water partition coefficient (Wildman–Crippen LogP) is 3.73. The van der Waals surface area contributed by atoms with Gasteiger partial charge < -0.3 is 5.73 Å². The number of hydrogen-bond donors (Lipinski definition) is 1. The molecule has 0 saturated heterocycles. The number of nitrogens with zero attached hydrogens (tertiary/aromatic N) is 2. The Morgan fingerprint density at radius 3 is 2.50 bits per heavy atom. The first-order chi connectivity index (χ1) is 9.61. The number of aromatic nitrogens is 2. The van der Waals surface area contributed by atoms with E-state index in [-0.39, 0.29) is 6.04 Å². The number of rotatable bonds is 6. The Kier molecular flexibility index (Phi) is 4.96. The first kappa shape index (κ1) is 14.8. The molecule has 0 aliphatic rings. The third kappa shape index (κ3) is 3.48. The van der Waals surface area contributed by atoms with Crippen LogP contribution in [0.4, 0.5) is 0 Å². The topological polar surface area (TPSA) is 43.8 Å². The zero-order chi connectivity index (χ0) is 14.5. The van der Waals surface area contributed by atoms with Crippen LogP contribution in [0.3, 0.4) is 0 Å². The number of nitrogens with two attached hydrogens (primary N) is 1. The fourth-order valence-electron chi connectivity index (χ4n) is 2.38. The van der Waals surface area contributed by atoms with Gasteiger partial charge in [-0.15, -0.1) is 0 Å². The normalized spacial score (nSPS) is 15.8. The van der Waals surface area contributed by atoms with Gasteiger partial charge in [-0.3, -0.25) is 4.68 Å². The monoisotopic (exact) mass is 271 g/mol. The van der Waals surface area contributed by atoms with E-state index in [0.29, 0.717) is 12.0 Å². The Morgan fingerprint density at radius 2 is 1.85 bits per heavy atom. The van der Waals surface area contributed by atoms with Crippen molar-refractivity contribution in [1.82, 2.24) is 9.78 Å². The van der Waals surface area contributed by atoms with Crippen LogP contribution in [0.25, 0.3) is 0 Å². The first-order valence-corrected chi connectivity index (χ1v) is 7.46. The van der Waals surface area contributed by atoms with Crippen molar-refractivity contribution in [2.75, 3.05) is 0 Å². The van der Waals surface area contributed by atoms with Crippen LogP contribution >= 0.6 is 0 Å². The summed E-state index contributed by atoms with van der Waals surface area (Å²) in [6.07, 6.45) is 4.09. The van der Waals surface area contributed by atoms with Crippen molar-refractivity contribution in [3.63, 3.8) is 0 Å². The standard InChI is InChI=1S/C17H25N3/c1-4-14(3)20-11-10-16(19-20)12-13(2)17(18)15-8-6-5-7-9-15/h5-11,13-14,17H,4,12,18H2,1-3H3. The highest BCUT2D eigenvalue weighted by Crippen LogP contribution is 2.22. The maximum atomic E-state index is 6.34. The lowest BCUT2D eigenvalue weighted by Gasteiger charge is -2.19. The summed E-state index contributed by atoms with van der Waals surface area (Å²) in [5.74, 6) is 0.373. The van der Waals surface area contributed by atoms with E-state index in [9.17, 15) is 0 Å². The minimum Gasteiger partial charge on any atom is -0.324 e. The maximum absolute atomic E-state index is 6.34. The minimum absolute atomic E-state index is 0.0601. The average molecular weight is 271 g/mol. The van der Waals surface area contributed by atoms with Crippen LogP contribution in [0.2, 0.25) is 0 Å². The van der Waals surface area contributed by atoms with Crippen LogP contribution in [0.1, 0.15) is 50.5 Å². The van der Waals surface area contributed by atoms with Gasteiger partial charge in [0.15, 0.2) is 0 Å². The van der Waals surface area contributed by atoms with Gasteiger partial charge in [0.2, 0.25) is 0 Å². The van der Waals surface area contributed by atoms with Gasteiger partial charge in [0.05, 0.1) is 5.69 Å². The molecule has 1 aromatic carbocycles. The highest BCUT2D eigenvalue weighted by atomic mass is 15.3. The van der Waals surface area contributed by atoms with Crippen LogP contribution in [0.5, 0.6) is 0 Å². The van der Waals surface area contributed by atoms with Gasteiger partial charge in [0.25, 0.3) is 0 Å². The molecule has 0 bridgehead atoms. The molecule has 3 heteroatoms. The largest absolute Gasteiger partial charge is 0.324 e. The zero-order valence-electron chi connectivity index (χ0n) is 12.7. The van der Waals surface area contributed by atoms with E-state index in [1.807, 2.05) is 18.2 Å². The van der Waals surface area contributed by atoms with E-state index in [1.54, 1.807) is 0 Å². The molecular formula is C17H25N3. The van der Waals surface area contributed by atoms with Crippen molar-refractivity contribution in [3.05, 3.63) is 53.9 Å². The van der Waals surface area contributed by atoms with Crippen molar-refractivity contribution in [1.29, 1.82) is 0 Å². The molecule has 0 spiro atoms. The predicted molar refractivity (Wildman–Crippen MR) is 83.5 cm³/mol. The van der Waals surface area contributed by atoms with Crippen molar-refractivity contribution in [2.45, 2.75) is 45.7 Å². The summed E-state index contributed by atoms with van der Waals surface area (Å²) in [4.78, 5) is 0. The van der Waals surface area contributed by atoms with E-state index >= 15 is 0 Å². The highest BCUT2D eigenvalue weighted by molar-refractivity contribution is 5.19. The molecule has 2 N–H and O–H groups in total. The van der Waals surface area contributed by atoms with E-state index in [2.05, 4.69) is 54.9 Å². The molecule has 0 radical (unpaired) electrons. The molecule has 0 fully saturated rings. The van der Waals surface area contributed by atoms with E-state index < -0.39 is 0 Å². The third-order valence-electron chi connectivity index (χ3n) is 4.03. The summed E-state index contributed by atoms with van der Waals surface area (Å²) in [7, 11) is 0. The van der Waals surface area contributed by atoms with Crippen molar-refractivity contribution in [2.24, 2.45) is 11.7 Å². The lowest BCUT2D eigenvalue weighted by Crippen LogP contribution is -2.21. The van der Waals surface area contributed by atoms with Gasteiger partial charge >= 0.3 is 0 Å². The van der Waals surface area contributed by atoms with Gasteiger partial charge in [0, 0.05) is 18.3 Å². The van der Waals surface area contributed by atoms with Gasteiger partial charge in [-0.25, -0.2) is 0 Å². The quantitative estimate of drug-likeness (QED) is 0.870. The average Bonchev–Trinajstić information content (AvgIpc) is 2.95. The van der Waals surface area contributed by atoms with Crippen LogP contribution in [0.15, 0.2) is 42.6 Å². The summed E-state index contributed by atoms with van der Waals surface area (Å²) in [6, 6.07) is 12.9. The summed E-state index contributed by atoms with van der Waals surface area (Å²) >= 11 is 0. The van der Waals surface area contributed by atoms with Crippen molar-refractivity contribution < 1.29 is 0 Å². The summed E-state index contributed by atoms with van der Waals surface area (Å²) in [6.45, 7) is 6.57. The van der Waals surface area contributed by atoms with E-state index in [1.165, 1.54) is 5.56 Å². The molecule has 3 nitrogen and oxygen atoms in total. The summed E-state index contributed by atoms with van der Waals surface area (Å²) in [5, 5.41) is 4.66. The van der Waals surface area contributed by atoms with Crippen LogP contribution in [-0.4, -0.2) is 9.78 Å². The Labute approximate surface area is 121 Å². The molecule has 1 heterocycles. The molecule has 0 aliphatic carbocycles. The molecule has 3 unspecified atom stereocenters. The third-order valence-corrected chi connectivity index (χ3v) is 4.03. The Bertz CT molecular complexity index is 518. The SMILES string of the molecule is CCC(C)n1ccc(CC(C)C(N)c2ccccc2)n1. The molecule has 0 aliphatic heterocycles. The lowest BCUT2D eigenvalue weighted by molar-refractivity contribution is 0.444. The molecule has 108 valence electrons. The van der Waals surface area contributed by atoms with Crippen molar-refractivity contribution in [3.8, 4) is 0 Å². The molecule has 20 heavy (non-hydrogen) atoms. The van der Waals surface area contributed by atoms with Crippen molar-refractivity contribution >= 4 is 0 Å². The Morgan fingerprint density at radius 1 is 1.15 bits per heavy atom. The van der Waals surface area contributed by atoms with E-state index in [4.69, 9.17) is 5.73 Å². The molecule has 1 aromatic heterocycles. The Hall–Kier alpha value is -1.61. The first-order valence-electron chi connectivity index (χ1n) is 7.46. The van der Waals surface area contributed by atoms with Crippen LogP contribution < -0.4 is 5.73 Å². The van der Waals surface area contributed by atoms with Gasteiger partial charge in [-0.2, -0.15) is 5.10 Å². The van der Waals surface area contributed by atoms with Gasteiger partial charge in [-0.1, -0.05) is 44.2 Å². The number of benzene rings is 1. The molecule has 0 saturated carbocycles. The van der Waals surface area contributed by atoms with Crippen LogP contribution in [-0.2, 0) is 6.42 Å². The summed E-state index contributed by atoms with van der Waals surface area (Å²) < 4.78 is 2.05. The second-order valence-electron chi connectivity index (χ2n) is 5.66. The second kappa shape index (κ2) is 6.71. The molecule has 0 amide bonds. The van der Waals surface area contributed by atoms with Gasteiger partial charge in [-0.05, 0) is 37.3 Å². The van der Waals surface area contributed by atoms with Gasteiger partial charge in [0.1, 0.15) is 0 Å². The number of hydrogen-bond acceptors (Lipinski definition) is 2. The second-order valence-corrected chi connectivity index (χ2v) is 5.66. The van der Waals surface area contributed by atoms with E-state index in [0.717, 1.165) is 18.5 Å². The molecule has 3 atom stereocenters. The van der Waals surface area contributed by atoms with Crippen LogP contribution in [0, 0.1) is 5.92 Å². The Balaban J connectivity index is 2.01. The fourth-order valence-corrected chi connectivity index (χ4v) is 2.38. The molecule has 2 rings (SSSR count). The fraction of sp³-hybridized carbons (Fsp3) is 0.471. The maximum Gasteiger partial charge on any atom is 0.0628 e. The lowest BCUT2D eigenvalue weighted by atomic mass is 9.92. The minimum atomic E-state index is 0.0601. The summed E-state index contributed by atoms with van der Waals surface area (Å²) in [5.41, 5.74) is 8.67. The zero-order valence-corrected chi connectivity index (χ0v) is 12.7. The smallest absolute Gasteiger partial charge is 0.0628 e. The highest BCUT2D eigenvalue weighted by Gasteiger charge is 2.16. The molecule has 2 aromatic rings. The molecular weight excluding hydrogens is 246 g/mol.